The van der Waals surface area contributed by atoms with Gasteiger partial charge in [0, 0.05) is 26.0 Å². The van der Waals surface area contributed by atoms with Gasteiger partial charge in [0.2, 0.25) is 11.9 Å². The van der Waals surface area contributed by atoms with Gasteiger partial charge < -0.3 is 20.1 Å². The molecule has 0 saturated heterocycles. The first kappa shape index (κ1) is 23.7. The van der Waals surface area contributed by atoms with E-state index in [0.29, 0.717) is 12.5 Å². The van der Waals surface area contributed by atoms with Crippen molar-refractivity contribution in [3.05, 3.63) is 86.8 Å². The van der Waals surface area contributed by atoms with E-state index in [0.717, 1.165) is 22.4 Å². The number of hydrogen-bond donors (Lipinski definition) is 2. The third kappa shape index (κ3) is 5.85. The molecule has 0 atom stereocenters. The van der Waals surface area contributed by atoms with Gasteiger partial charge in [-0.3, -0.25) is 14.4 Å². The number of rotatable bonds is 7. The highest BCUT2D eigenvalue weighted by Crippen LogP contribution is 2.23. The fraction of sp³-hybridized carbons (Fsp3) is 0.280. The maximum atomic E-state index is 12.7. The Labute approximate surface area is 193 Å². The average molecular weight is 448 g/mol. The summed E-state index contributed by atoms with van der Waals surface area (Å²) < 4.78 is 1.73. The summed E-state index contributed by atoms with van der Waals surface area (Å²) in [4.78, 5) is 42.7. The number of hydrogen-bond acceptors (Lipinski definition) is 5. The summed E-state index contributed by atoms with van der Waals surface area (Å²) in [5, 5.41) is 5.76. The van der Waals surface area contributed by atoms with Crippen LogP contribution < -0.4 is 16.2 Å². The normalized spacial score (nSPS) is 10.6. The lowest BCUT2D eigenvalue weighted by Crippen LogP contribution is -2.38. The lowest BCUT2D eigenvalue weighted by atomic mass is 10.1. The Kier molecular flexibility index (Phi) is 7.27. The van der Waals surface area contributed by atoms with Crippen LogP contribution in [0.2, 0.25) is 0 Å². The first-order chi connectivity index (χ1) is 15.7. The Bertz CT molecular complexity index is 1230. The monoisotopic (exact) mass is 447 g/mol. The maximum absolute atomic E-state index is 12.7. The third-order valence-electron chi connectivity index (χ3n) is 5.42. The number of likely N-dealkylation sites (N-methyl/N-ethyl adjacent to an activating group) is 1. The van der Waals surface area contributed by atoms with Crippen molar-refractivity contribution in [3.63, 3.8) is 0 Å². The molecule has 0 saturated carbocycles. The van der Waals surface area contributed by atoms with Gasteiger partial charge in [0.05, 0.1) is 13.1 Å². The third-order valence-corrected chi connectivity index (χ3v) is 5.42. The van der Waals surface area contributed by atoms with Crippen LogP contribution in [0, 0.1) is 20.8 Å². The second-order valence-electron chi connectivity index (χ2n) is 8.24. The number of benzene rings is 2. The summed E-state index contributed by atoms with van der Waals surface area (Å²) in [6.45, 7) is 6.25. The molecule has 2 amide bonds. The van der Waals surface area contributed by atoms with Gasteiger partial charge in [-0.05, 0) is 49.1 Å². The van der Waals surface area contributed by atoms with E-state index in [1.165, 1.54) is 16.7 Å². The number of carbonyl (C=O) groups is 2. The van der Waals surface area contributed by atoms with E-state index in [1.807, 2.05) is 57.2 Å². The van der Waals surface area contributed by atoms with Crippen LogP contribution in [0.1, 0.15) is 32.6 Å². The zero-order valence-electron chi connectivity index (χ0n) is 19.6. The smallest absolute Gasteiger partial charge is 0.287 e. The molecule has 8 nitrogen and oxygen atoms in total. The number of aryl methyl sites for hydroxylation is 3. The van der Waals surface area contributed by atoms with Gasteiger partial charge in [0.15, 0.2) is 0 Å². The van der Waals surface area contributed by atoms with E-state index < -0.39 is 11.5 Å². The molecule has 172 valence electrons. The van der Waals surface area contributed by atoms with Crippen LogP contribution in [0.3, 0.4) is 0 Å². The molecule has 0 radical (unpaired) electrons. The van der Waals surface area contributed by atoms with Crippen LogP contribution in [-0.2, 0) is 11.3 Å². The first-order valence-corrected chi connectivity index (χ1v) is 10.6. The van der Waals surface area contributed by atoms with Gasteiger partial charge in [0.1, 0.15) is 5.56 Å². The molecule has 1 aromatic heterocycles. The van der Waals surface area contributed by atoms with E-state index in [4.69, 9.17) is 0 Å². The van der Waals surface area contributed by atoms with Crippen LogP contribution in [0.5, 0.6) is 0 Å². The molecule has 2 N–H and O–H groups in total. The Hall–Kier alpha value is -3.94. The zero-order chi connectivity index (χ0) is 24.1. The molecule has 0 aliphatic carbocycles. The van der Waals surface area contributed by atoms with Gasteiger partial charge in [-0.25, -0.2) is 0 Å². The number of aromatic nitrogens is 2. The summed E-state index contributed by atoms with van der Waals surface area (Å²) in [7, 11) is 3.19. The highest BCUT2D eigenvalue weighted by atomic mass is 16.2. The second kappa shape index (κ2) is 10.1. The average Bonchev–Trinajstić information content (AvgIpc) is 2.77. The molecule has 0 aliphatic rings. The van der Waals surface area contributed by atoms with E-state index >= 15 is 0 Å². The molecule has 1 heterocycles. The molecule has 2 aromatic carbocycles. The summed E-state index contributed by atoms with van der Waals surface area (Å²) >= 11 is 0. The highest BCUT2D eigenvalue weighted by molar-refractivity contribution is 5.96. The minimum Gasteiger partial charge on any atom is -0.347 e. The molecule has 0 aliphatic heterocycles. The predicted molar refractivity (Wildman–Crippen MR) is 129 cm³/mol. The number of carbonyl (C=O) groups excluding carboxylic acids is 2. The summed E-state index contributed by atoms with van der Waals surface area (Å²) in [5.41, 5.74) is 4.33. The van der Waals surface area contributed by atoms with E-state index in [2.05, 4.69) is 21.7 Å². The molecule has 3 rings (SSSR count). The fourth-order valence-corrected chi connectivity index (χ4v) is 3.27. The van der Waals surface area contributed by atoms with Crippen LogP contribution in [0.25, 0.3) is 0 Å². The fourth-order valence-electron chi connectivity index (χ4n) is 3.27. The van der Waals surface area contributed by atoms with Crippen molar-refractivity contribution in [3.8, 4) is 0 Å². The van der Waals surface area contributed by atoms with Crippen molar-refractivity contribution < 1.29 is 9.59 Å². The van der Waals surface area contributed by atoms with Crippen molar-refractivity contribution >= 4 is 23.5 Å². The van der Waals surface area contributed by atoms with E-state index in [9.17, 15) is 14.4 Å². The van der Waals surface area contributed by atoms with Gasteiger partial charge in [-0.2, -0.15) is 4.98 Å². The minimum atomic E-state index is -0.668. The maximum Gasteiger partial charge on any atom is 0.287 e. The van der Waals surface area contributed by atoms with Crippen molar-refractivity contribution in [1.82, 2.24) is 19.8 Å². The summed E-state index contributed by atoms with van der Waals surface area (Å²) in [6, 6.07) is 13.8. The zero-order valence-corrected chi connectivity index (χ0v) is 19.6. The second-order valence-corrected chi connectivity index (χ2v) is 8.24. The van der Waals surface area contributed by atoms with Crippen LogP contribution in [0.15, 0.2) is 53.5 Å². The largest absolute Gasteiger partial charge is 0.347 e. The molecule has 0 unspecified atom stereocenters. The SMILES string of the molecule is Cc1cc(C)c(Nc2nc(=O)c(C(=O)NCC(=O)N(C)C)cn2Cc2ccccc2)cc1C. The molecule has 0 bridgehead atoms. The quantitative estimate of drug-likeness (QED) is 0.581. The van der Waals surface area contributed by atoms with Gasteiger partial charge in [0.25, 0.3) is 11.5 Å². The molecule has 33 heavy (non-hydrogen) atoms. The van der Waals surface area contributed by atoms with Crippen LogP contribution >= 0.6 is 0 Å². The number of anilines is 2. The molecule has 3 aromatic rings. The van der Waals surface area contributed by atoms with Gasteiger partial charge in [-0.1, -0.05) is 36.4 Å². The highest BCUT2D eigenvalue weighted by Gasteiger charge is 2.17. The molecule has 8 heteroatoms. The summed E-state index contributed by atoms with van der Waals surface area (Å²) in [6.07, 6.45) is 1.48. The standard InChI is InChI=1S/C25H29N5O3/c1-16-11-18(3)21(12-17(16)2)27-25-28-24(33)20(23(32)26-13-22(31)29(4)5)15-30(25)14-19-9-7-6-8-10-19/h6-12,15H,13-14H2,1-5H3,(H,26,32)(H,27,28,33). The predicted octanol–water partition coefficient (Wildman–Crippen LogP) is 2.78. The van der Waals surface area contributed by atoms with Gasteiger partial charge >= 0.3 is 0 Å². The van der Waals surface area contributed by atoms with Crippen molar-refractivity contribution in [2.24, 2.45) is 0 Å². The number of nitrogens with zero attached hydrogens (tertiary/aromatic N) is 3. The Morgan fingerprint density at radius 1 is 1.00 bits per heavy atom. The number of nitrogens with one attached hydrogen (secondary N) is 2. The molecular formula is C25H29N5O3. The molecule has 0 fully saturated rings. The van der Waals surface area contributed by atoms with Crippen LogP contribution in [0.4, 0.5) is 11.6 Å². The van der Waals surface area contributed by atoms with Crippen LogP contribution in [-0.4, -0.2) is 46.9 Å². The van der Waals surface area contributed by atoms with Crippen molar-refractivity contribution in [2.75, 3.05) is 26.0 Å². The van der Waals surface area contributed by atoms with E-state index in [1.54, 1.807) is 18.7 Å². The lowest BCUT2D eigenvalue weighted by Gasteiger charge is -2.18. The summed E-state index contributed by atoms with van der Waals surface area (Å²) in [5.74, 6) is -0.584. The minimum absolute atomic E-state index is 0.125. The topological polar surface area (TPSA) is 96.3 Å². The number of amides is 2. The Balaban J connectivity index is 1.99. The first-order valence-electron chi connectivity index (χ1n) is 10.6. The van der Waals surface area contributed by atoms with E-state index in [-0.39, 0.29) is 18.0 Å². The lowest BCUT2D eigenvalue weighted by molar-refractivity contribution is -0.127. The Morgan fingerprint density at radius 3 is 2.33 bits per heavy atom. The molecule has 0 spiro atoms. The molecular weight excluding hydrogens is 418 g/mol. The Morgan fingerprint density at radius 2 is 1.67 bits per heavy atom. The van der Waals surface area contributed by atoms with Crippen molar-refractivity contribution in [1.29, 1.82) is 0 Å². The van der Waals surface area contributed by atoms with Crippen molar-refractivity contribution in [2.45, 2.75) is 27.3 Å². The van der Waals surface area contributed by atoms with Gasteiger partial charge in [-0.15, -0.1) is 0 Å².